The predicted molar refractivity (Wildman–Crippen MR) is 68.8 cm³/mol. The van der Waals surface area contributed by atoms with Gasteiger partial charge < -0.3 is 15.2 Å². The van der Waals surface area contributed by atoms with Gasteiger partial charge in [-0.25, -0.2) is 0 Å². The van der Waals surface area contributed by atoms with Gasteiger partial charge in [0.1, 0.15) is 5.75 Å². The Morgan fingerprint density at radius 3 is 3.00 bits per heavy atom. The molecule has 0 amide bonds. The monoisotopic (exact) mass is 255 g/mol. The lowest BCUT2D eigenvalue weighted by Crippen LogP contribution is -2.20. The molecule has 1 aliphatic heterocycles. The Hall–Kier alpha value is -0.770. The van der Waals surface area contributed by atoms with E-state index in [1.165, 1.54) is 0 Å². The van der Waals surface area contributed by atoms with Crippen LogP contribution in [0.1, 0.15) is 17.9 Å². The van der Waals surface area contributed by atoms with Crippen LogP contribution in [0.25, 0.3) is 0 Å². The van der Waals surface area contributed by atoms with Crippen molar-refractivity contribution in [1.82, 2.24) is 5.32 Å². The van der Waals surface area contributed by atoms with E-state index in [0.717, 1.165) is 30.8 Å². The number of aliphatic hydroxyl groups is 1. The number of nitrogens with one attached hydrogen (secondary N) is 1. The fourth-order valence-electron chi connectivity index (χ4n) is 2.52. The van der Waals surface area contributed by atoms with Crippen LogP contribution < -0.4 is 10.1 Å². The third-order valence-electron chi connectivity index (χ3n) is 3.46. The molecule has 0 spiro atoms. The molecule has 2 atom stereocenters. The van der Waals surface area contributed by atoms with Gasteiger partial charge in [0.15, 0.2) is 0 Å². The van der Waals surface area contributed by atoms with Crippen molar-refractivity contribution < 1.29 is 9.84 Å². The molecule has 94 valence electrons. The molecule has 4 heteroatoms. The first-order valence-corrected chi connectivity index (χ1v) is 6.29. The van der Waals surface area contributed by atoms with E-state index in [1.807, 2.05) is 18.2 Å². The number of benzene rings is 1. The molecule has 1 aromatic carbocycles. The molecule has 1 aromatic rings. The molecule has 0 radical (unpaired) electrons. The zero-order valence-electron chi connectivity index (χ0n) is 9.95. The summed E-state index contributed by atoms with van der Waals surface area (Å²) in [5.74, 6) is 1.35. The Kier molecular flexibility index (Phi) is 4.26. The van der Waals surface area contributed by atoms with Gasteiger partial charge in [-0.15, -0.1) is 0 Å². The molecule has 1 fully saturated rings. The number of hydrogen-bond donors (Lipinski definition) is 2. The first kappa shape index (κ1) is 12.7. The molecule has 0 aliphatic carbocycles. The second-order valence-corrected chi connectivity index (χ2v) is 4.86. The number of hydrogen-bond acceptors (Lipinski definition) is 3. The molecule has 1 heterocycles. The van der Waals surface area contributed by atoms with Gasteiger partial charge in [0.25, 0.3) is 0 Å². The maximum absolute atomic E-state index is 9.62. The SMILES string of the molecule is COc1ccc(Cl)cc1C(CO)C1CCNC1. The van der Waals surface area contributed by atoms with Gasteiger partial charge >= 0.3 is 0 Å². The summed E-state index contributed by atoms with van der Waals surface area (Å²) in [7, 11) is 1.65. The van der Waals surface area contributed by atoms with E-state index in [0.29, 0.717) is 10.9 Å². The molecule has 1 aliphatic rings. The van der Waals surface area contributed by atoms with Crippen LogP contribution in [0, 0.1) is 5.92 Å². The summed E-state index contributed by atoms with van der Waals surface area (Å²) in [5.41, 5.74) is 1.01. The second-order valence-electron chi connectivity index (χ2n) is 4.43. The fourth-order valence-corrected chi connectivity index (χ4v) is 2.70. The van der Waals surface area contributed by atoms with Crippen molar-refractivity contribution >= 4 is 11.6 Å². The van der Waals surface area contributed by atoms with E-state index in [-0.39, 0.29) is 12.5 Å². The molecule has 1 saturated heterocycles. The van der Waals surface area contributed by atoms with E-state index in [2.05, 4.69) is 5.32 Å². The quantitative estimate of drug-likeness (QED) is 0.865. The lowest BCUT2D eigenvalue weighted by atomic mass is 9.85. The van der Waals surface area contributed by atoms with E-state index in [1.54, 1.807) is 7.11 Å². The van der Waals surface area contributed by atoms with Crippen molar-refractivity contribution in [3.05, 3.63) is 28.8 Å². The highest BCUT2D eigenvalue weighted by atomic mass is 35.5. The Labute approximate surface area is 107 Å². The molecule has 0 aromatic heterocycles. The molecule has 17 heavy (non-hydrogen) atoms. The number of ether oxygens (including phenoxy) is 1. The third-order valence-corrected chi connectivity index (χ3v) is 3.69. The average Bonchev–Trinajstić information content (AvgIpc) is 2.84. The topological polar surface area (TPSA) is 41.5 Å². The predicted octanol–water partition coefficient (Wildman–Crippen LogP) is 2.03. The van der Waals surface area contributed by atoms with Crippen LogP contribution in [0.2, 0.25) is 5.02 Å². The number of aliphatic hydroxyl groups excluding tert-OH is 1. The minimum Gasteiger partial charge on any atom is -0.496 e. The Morgan fingerprint density at radius 2 is 2.41 bits per heavy atom. The van der Waals surface area contributed by atoms with Crippen molar-refractivity contribution in [3.8, 4) is 5.75 Å². The van der Waals surface area contributed by atoms with Crippen molar-refractivity contribution in [1.29, 1.82) is 0 Å². The molecule has 0 bridgehead atoms. The summed E-state index contributed by atoms with van der Waals surface area (Å²) >= 11 is 6.03. The summed E-state index contributed by atoms with van der Waals surface area (Å²) in [6.45, 7) is 2.09. The summed E-state index contributed by atoms with van der Waals surface area (Å²) in [4.78, 5) is 0. The first-order chi connectivity index (χ1) is 8.26. The van der Waals surface area contributed by atoms with Crippen molar-refractivity contribution in [3.63, 3.8) is 0 Å². The molecule has 3 nitrogen and oxygen atoms in total. The number of halogens is 1. The average molecular weight is 256 g/mol. The maximum Gasteiger partial charge on any atom is 0.122 e. The lowest BCUT2D eigenvalue weighted by molar-refractivity contribution is 0.227. The molecule has 2 N–H and O–H groups in total. The smallest absolute Gasteiger partial charge is 0.122 e. The van der Waals surface area contributed by atoms with Gasteiger partial charge in [-0.1, -0.05) is 11.6 Å². The Balaban J connectivity index is 2.31. The lowest BCUT2D eigenvalue weighted by Gasteiger charge is -2.23. The van der Waals surface area contributed by atoms with Gasteiger partial charge in [0.2, 0.25) is 0 Å². The van der Waals surface area contributed by atoms with E-state index in [9.17, 15) is 5.11 Å². The summed E-state index contributed by atoms with van der Waals surface area (Å²) in [6.07, 6.45) is 1.08. The fraction of sp³-hybridized carbons (Fsp3) is 0.538. The van der Waals surface area contributed by atoms with E-state index in [4.69, 9.17) is 16.3 Å². The third kappa shape index (κ3) is 2.73. The highest BCUT2D eigenvalue weighted by Crippen LogP contribution is 2.36. The number of rotatable bonds is 4. The van der Waals surface area contributed by atoms with E-state index < -0.39 is 0 Å². The Bertz CT molecular complexity index is 378. The van der Waals surface area contributed by atoms with Gasteiger partial charge in [-0.2, -0.15) is 0 Å². The zero-order chi connectivity index (χ0) is 12.3. The standard InChI is InChI=1S/C13H18ClNO2/c1-17-13-3-2-10(14)6-11(13)12(8-16)9-4-5-15-7-9/h2-3,6,9,12,15-16H,4-5,7-8H2,1H3. The summed E-state index contributed by atoms with van der Waals surface area (Å²) < 4.78 is 5.35. The van der Waals surface area contributed by atoms with Crippen LogP contribution in [0.5, 0.6) is 5.75 Å². The minimum absolute atomic E-state index is 0.0960. The second kappa shape index (κ2) is 5.71. The van der Waals surface area contributed by atoms with E-state index >= 15 is 0 Å². The van der Waals surface area contributed by atoms with Crippen LogP contribution in [0.4, 0.5) is 0 Å². The molecular weight excluding hydrogens is 238 g/mol. The Morgan fingerprint density at radius 1 is 1.59 bits per heavy atom. The highest BCUT2D eigenvalue weighted by molar-refractivity contribution is 6.30. The molecule has 2 unspecified atom stereocenters. The van der Waals surface area contributed by atoms with Crippen LogP contribution in [-0.2, 0) is 0 Å². The van der Waals surface area contributed by atoms with Gasteiger partial charge in [0, 0.05) is 16.5 Å². The van der Waals surface area contributed by atoms with Crippen LogP contribution >= 0.6 is 11.6 Å². The normalized spacial score (nSPS) is 21.5. The number of methoxy groups -OCH3 is 1. The van der Waals surface area contributed by atoms with Crippen molar-refractivity contribution in [2.75, 3.05) is 26.8 Å². The van der Waals surface area contributed by atoms with Gasteiger partial charge in [0.05, 0.1) is 13.7 Å². The first-order valence-electron chi connectivity index (χ1n) is 5.91. The van der Waals surface area contributed by atoms with Crippen molar-refractivity contribution in [2.45, 2.75) is 12.3 Å². The van der Waals surface area contributed by atoms with Gasteiger partial charge in [-0.05, 0) is 43.6 Å². The largest absolute Gasteiger partial charge is 0.496 e. The van der Waals surface area contributed by atoms with Gasteiger partial charge in [-0.3, -0.25) is 0 Å². The van der Waals surface area contributed by atoms with Crippen LogP contribution in [0.15, 0.2) is 18.2 Å². The highest BCUT2D eigenvalue weighted by Gasteiger charge is 2.27. The molecule has 2 rings (SSSR count). The minimum atomic E-state index is 0.0960. The summed E-state index contributed by atoms with van der Waals surface area (Å²) in [6, 6.07) is 5.58. The zero-order valence-corrected chi connectivity index (χ0v) is 10.7. The maximum atomic E-state index is 9.62. The molecular formula is C13H18ClNO2. The van der Waals surface area contributed by atoms with Crippen molar-refractivity contribution in [2.24, 2.45) is 5.92 Å². The molecule has 0 saturated carbocycles. The summed E-state index contributed by atoms with van der Waals surface area (Å²) in [5, 5.41) is 13.6. The van der Waals surface area contributed by atoms with Crippen LogP contribution in [0.3, 0.4) is 0 Å². The van der Waals surface area contributed by atoms with Crippen LogP contribution in [-0.4, -0.2) is 31.9 Å².